The van der Waals surface area contributed by atoms with E-state index in [1.54, 1.807) is 36.9 Å². The van der Waals surface area contributed by atoms with Gasteiger partial charge in [0.2, 0.25) is 5.91 Å². The van der Waals surface area contributed by atoms with Gasteiger partial charge in [0.1, 0.15) is 17.3 Å². The summed E-state index contributed by atoms with van der Waals surface area (Å²) in [5.41, 5.74) is 2.42. The maximum absolute atomic E-state index is 13.3. The lowest BCUT2D eigenvalue weighted by Crippen LogP contribution is -2.35. The zero-order valence-electron chi connectivity index (χ0n) is 17.9. The van der Waals surface area contributed by atoms with Crippen molar-refractivity contribution in [1.29, 1.82) is 0 Å². The van der Waals surface area contributed by atoms with Gasteiger partial charge in [0.05, 0.1) is 5.56 Å². The summed E-state index contributed by atoms with van der Waals surface area (Å²) in [5, 5.41) is 2.91. The molecule has 0 unspecified atom stereocenters. The van der Waals surface area contributed by atoms with Crippen molar-refractivity contribution < 1.29 is 18.4 Å². The summed E-state index contributed by atoms with van der Waals surface area (Å²) in [6.07, 6.45) is 0.926. The molecular weight excluding hydrogens is 395 g/mol. The van der Waals surface area contributed by atoms with Gasteiger partial charge in [0.25, 0.3) is 5.91 Å². The van der Waals surface area contributed by atoms with E-state index < -0.39 is 0 Å². The van der Waals surface area contributed by atoms with E-state index in [0.29, 0.717) is 23.6 Å². The molecule has 0 saturated carbocycles. The zero-order valence-corrected chi connectivity index (χ0v) is 17.9. The summed E-state index contributed by atoms with van der Waals surface area (Å²) in [6, 6.07) is 17.6. The van der Waals surface area contributed by atoms with Crippen LogP contribution in [0.1, 0.15) is 39.4 Å². The fourth-order valence-corrected chi connectivity index (χ4v) is 3.39. The quantitative estimate of drug-likeness (QED) is 0.555. The Labute approximate surface area is 181 Å². The van der Waals surface area contributed by atoms with Crippen LogP contribution in [0.2, 0.25) is 0 Å². The fourth-order valence-electron chi connectivity index (χ4n) is 3.39. The molecule has 2 aromatic carbocycles. The second-order valence-electron chi connectivity index (χ2n) is 7.52. The van der Waals surface area contributed by atoms with Crippen molar-refractivity contribution in [3.05, 3.63) is 94.7 Å². The molecule has 0 bridgehead atoms. The van der Waals surface area contributed by atoms with Gasteiger partial charge in [-0.1, -0.05) is 42.5 Å². The molecule has 0 spiro atoms. The molecule has 6 heteroatoms. The van der Waals surface area contributed by atoms with Crippen molar-refractivity contribution in [2.75, 3.05) is 13.1 Å². The predicted molar refractivity (Wildman–Crippen MR) is 117 cm³/mol. The minimum atomic E-state index is -0.333. The first-order chi connectivity index (χ1) is 14.9. The highest BCUT2D eigenvalue weighted by atomic mass is 19.1. The van der Waals surface area contributed by atoms with Crippen LogP contribution >= 0.6 is 0 Å². The summed E-state index contributed by atoms with van der Waals surface area (Å²) >= 11 is 0. The first-order valence-electron chi connectivity index (χ1n) is 10.3. The molecule has 2 amide bonds. The SMILES string of the molecule is Cc1cc(C(=O)N(CCC(=O)NCCc2ccccc2)Cc2ccc(F)cc2)c(C)o1. The number of hydrogen-bond acceptors (Lipinski definition) is 3. The lowest BCUT2D eigenvalue weighted by Gasteiger charge is -2.22. The smallest absolute Gasteiger partial charge is 0.257 e. The van der Waals surface area contributed by atoms with Crippen LogP contribution in [0.25, 0.3) is 0 Å². The molecule has 0 radical (unpaired) electrons. The summed E-state index contributed by atoms with van der Waals surface area (Å²) in [7, 11) is 0. The van der Waals surface area contributed by atoms with Crippen molar-refractivity contribution in [3.63, 3.8) is 0 Å². The molecule has 31 heavy (non-hydrogen) atoms. The van der Waals surface area contributed by atoms with E-state index in [1.807, 2.05) is 30.3 Å². The van der Waals surface area contributed by atoms with Crippen LogP contribution in [-0.2, 0) is 17.8 Å². The van der Waals surface area contributed by atoms with E-state index in [-0.39, 0.29) is 37.1 Å². The van der Waals surface area contributed by atoms with Gasteiger partial charge in [0, 0.05) is 26.1 Å². The van der Waals surface area contributed by atoms with E-state index in [4.69, 9.17) is 4.42 Å². The average Bonchev–Trinajstić information content (AvgIpc) is 3.10. The monoisotopic (exact) mass is 422 g/mol. The van der Waals surface area contributed by atoms with Crippen molar-refractivity contribution in [1.82, 2.24) is 10.2 Å². The summed E-state index contributed by atoms with van der Waals surface area (Å²) in [4.78, 5) is 27.1. The number of hydrogen-bond donors (Lipinski definition) is 1. The number of furan rings is 1. The van der Waals surface area contributed by atoms with Crippen LogP contribution < -0.4 is 5.32 Å². The third-order valence-electron chi connectivity index (χ3n) is 5.03. The zero-order chi connectivity index (χ0) is 22.2. The Morgan fingerprint density at radius 1 is 1.00 bits per heavy atom. The molecule has 5 nitrogen and oxygen atoms in total. The number of carbonyl (C=O) groups is 2. The molecule has 0 atom stereocenters. The lowest BCUT2D eigenvalue weighted by atomic mass is 10.1. The Hall–Kier alpha value is -3.41. The van der Waals surface area contributed by atoms with E-state index >= 15 is 0 Å². The second kappa shape index (κ2) is 10.6. The number of rotatable bonds is 9. The van der Waals surface area contributed by atoms with Crippen LogP contribution in [-0.4, -0.2) is 29.8 Å². The number of nitrogens with one attached hydrogen (secondary N) is 1. The molecule has 162 valence electrons. The topological polar surface area (TPSA) is 62.6 Å². The predicted octanol–water partition coefficient (Wildman–Crippen LogP) is 4.43. The van der Waals surface area contributed by atoms with E-state index in [9.17, 15) is 14.0 Å². The third-order valence-corrected chi connectivity index (χ3v) is 5.03. The van der Waals surface area contributed by atoms with Crippen molar-refractivity contribution in [2.24, 2.45) is 0 Å². The second-order valence-corrected chi connectivity index (χ2v) is 7.52. The Balaban J connectivity index is 1.61. The van der Waals surface area contributed by atoms with Crippen molar-refractivity contribution in [2.45, 2.75) is 33.2 Å². The molecule has 0 aliphatic heterocycles. The lowest BCUT2D eigenvalue weighted by molar-refractivity contribution is -0.121. The van der Waals surface area contributed by atoms with E-state index in [0.717, 1.165) is 17.5 Å². The van der Waals surface area contributed by atoms with Crippen LogP contribution in [0.15, 0.2) is 65.1 Å². The van der Waals surface area contributed by atoms with Gasteiger partial charge in [0.15, 0.2) is 0 Å². The minimum absolute atomic E-state index is 0.118. The van der Waals surface area contributed by atoms with Crippen LogP contribution in [0.5, 0.6) is 0 Å². The molecular formula is C25H27FN2O3. The van der Waals surface area contributed by atoms with Gasteiger partial charge >= 0.3 is 0 Å². The summed E-state index contributed by atoms with van der Waals surface area (Å²) in [5.74, 6) is 0.532. The minimum Gasteiger partial charge on any atom is -0.466 e. The molecule has 1 heterocycles. The maximum atomic E-state index is 13.3. The molecule has 0 fully saturated rings. The largest absolute Gasteiger partial charge is 0.466 e. The molecule has 1 N–H and O–H groups in total. The Morgan fingerprint density at radius 2 is 1.71 bits per heavy atom. The molecule has 0 aliphatic carbocycles. The van der Waals surface area contributed by atoms with Crippen LogP contribution in [0.4, 0.5) is 4.39 Å². The Morgan fingerprint density at radius 3 is 2.35 bits per heavy atom. The number of carbonyl (C=O) groups excluding carboxylic acids is 2. The number of nitrogens with zero attached hydrogens (tertiary/aromatic N) is 1. The van der Waals surface area contributed by atoms with E-state index in [1.165, 1.54) is 12.1 Å². The van der Waals surface area contributed by atoms with Crippen molar-refractivity contribution >= 4 is 11.8 Å². The first kappa shape index (κ1) is 22.3. The van der Waals surface area contributed by atoms with Crippen LogP contribution in [0, 0.1) is 19.7 Å². The van der Waals surface area contributed by atoms with Crippen molar-refractivity contribution in [3.8, 4) is 0 Å². The Kier molecular flexibility index (Phi) is 7.60. The molecule has 0 saturated heterocycles. The maximum Gasteiger partial charge on any atom is 0.257 e. The third kappa shape index (κ3) is 6.54. The number of amides is 2. The van der Waals surface area contributed by atoms with Gasteiger partial charge in [-0.3, -0.25) is 9.59 Å². The van der Waals surface area contributed by atoms with E-state index in [2.05, 4.69) is 5.32 Å². The summed E-state index contributed by atoms with van der Waals surface area (Å²) in [6.45, 7) is 4.59. The van der Waals surface area contributed by atoms with Gasteiger partial charge in [-0.25, -0.2) is 4.39 Å². The highest BCUT2D eigenvalue weighted by Gasteiger charge is 2.21. The Bertz CT molecular complexity index is 1010. The fraction of sp³-hybridized carbons (Fsp3) is 0.280. The molecule has 3 rings (SSSR count). The van der Waals surface area contributed by atoms with Gasteiger partial charge in [-0.05, 0) is 49.6 Å². The molecule has 0 aliphatic rings. The number of halogens is 1. The van der Waals surface area contributed by atoms with Crippen LogP contribution in [0.3, 0.4) is 0 Å². The molecule has 3 aromatic rings. The number of aryl methyl sites for hydroxylation is 2. The number of benzene rings is 2. The standard InChI is InChI=1S/C25H27FN2O3/c1-18-16-23(19(2)31-18)25(30)28(17-21-8-10-22(26)11-9-21)15-13-24(29)27-14-12-20-6-4-3-5-7-20/h3-11,16H,12-15,17H2,1-2H3,(H,27,29). The van der Waals surface area contributed by atoms with Gasteiger partial charge < -0.3 is 14.6 Å². The highest BCUT2D eigenvalue weighted by molar-refractivity contribution is 5.95. The normalized spacial score (nSPS) is 10.7. The first-order valence-corrected chi connectivity index (χ1v) is 10.3. The van der Waals surface area contributed by atoms with Gasteiger partial charge in [-0.15, -0.1) is 0 Å². The average molecular weight is 423 g/mol. The highest BCUT2D eigenvalue weighted by Crippen LogP contribution is 2.18. The summed E-state index contributed by atoms with van der Waals surface area (Å²) < 4.78 is 18.7. The van der Waals surface area contributed by atoms with Gasteiger partial charge in [-0.2, -0.15) is 0 Å². The molecule has 1 aromatic heterocycles.